The largest absolute Gasteiger partial charge is 0.313 e. The number of fused-ring (bicyclic) bond motifs is 1. The minimum atomic E-state index is -3.66. The predicted octanol–water partition coefficient (Wildman–Crippen LogP) is 5.07. The quantitative estimate of drug-likeness (QED) is 0.686. The van der Waals surface area contributed by atoms with Crippen LogP contribution in [0, 0.1) is 0 Å². The first-order chi connectivity index (χ1) is 12.3. The molecule has 0 heterocycles. The Morgan fingerprint density at radius 2 is 1.69 bits per heavy atom. The molecule has 4 nitrogen and oxygen atoms in total. The van der Waals surface area contributed by atoms with Gasteiger partial charge in [0.05, 0.1) is 15.8 Å². The van der Waals surface area contributed by atoms with Crippen LogP contribution in [0.25, 0.3) is 0 Å². The van der Waals surface area contributed by atoms with Crippen LogP contribution in [0.1, 0.15) is 48.4 Å². The van der Waals surface area contributed by atoms with Crippen LogP contribution in [0.3, 0.4) is 0 Å². The molecule has 0 bridgehead atoms. The van der Waals surface area contributed by atoms with Crippen molar-refractivity contribution in [2.75, 3.05) is 12.8 Å². The number of benzene rings is 2. The van der Waals surface area contributed by atoms with Crippen LogP contribution in [0.5, 0.6) is 0 Å². The summed E-state index contributed by atoms with van der Waals surface area (Å²) in [5, 5.41) is 4.66. The van der Waals surface area contributed by atoms with E-state index in [1.165, 1.54) is 23.6 Å². The van der Waals surface area contributed by atoms with Crippen LogP contribution in [-0.2, 0) is 10.1 Å². The lowest BCUT2D eigenvalue weighted by Crippen LogP contribution is -2.24. The van der Waals surface area contributed by atoms with E-state index in [-0.39, 0.29) is 5.75 Å². The van der Waals surface area contributed by atoms with Gasteiger partial charge in [0.25, 0.3) is 10.1 Å². The standard InChI is InChI=1S/C17H17Cl2N.C2H6O3S/c1-20-17-9-7-12(13-4-2-3-5-14(13)17)11-6-8-15(18)16(19)10-11;1-2-6(3,4)5/h2-6,8,10,12,17,20H,7,9H2,1H3;2H2,1H3,(H,3,4,5)/t12-,17-;/m0./s1. The molecule has 3 rings (SSSR count). The molecule has 0 saturated heterocycles. The monoisotopic (exact) mass is 415 g/mol. The molecule has 2 N–H and O–H groups in total. The van der Waals surface area contributed by atoms with Gasteiger partial charge >= 0.3 is 0 Å². The molecule has 0 spiro atoms. The van der Waals surface area contributed by atoms with E-state index in [4.69, 9.17) is 27.8 Å². The molecule has 2 aromatic rings. The van der Waals surface area contributed by atoms with Gasteiger partial charge in [-0.05, 0) is 55.6 Å². The fourth-order valence-electron chi connectivity index (χ4n) is 3.17. The molecule has 26 heavy (non-hydrogen) atoms. The zero-order chi connectivity index (χ0) is 19.3. The Kier molecular flexibility index (Phi) is 7.50. The third kappa shape index (κ3) is 5.44. The smallest absolute Gasteiger partial charge is 0.264 e. The molecule has 2 atom stereocenters. The van der Waals surface area contributed by atoms with Gasteiger partial charge in [-0.3, -0.25) is 4.55 Å². The van der Waals surface area contributed by atoms with Gasteiger partial charge in [-0.15, -0.1) is 0 Å². The van der Waals surface area contributed by atoms with E-state index in [2.05, 4.69) is 35.6 Å². The van der Waals surface area contributed by atoms with Crippen molar-refractivity contribution < 1.29 is 13.0 Å². The van der Waals surface area contributed by atoms with Crippen molar-refractivity contribution in [2.24, 2.45) is 0 Å². The average Bonchev–Trinajstić information content (AvgIpc) is 2.63. The Labute approximate surface area is 165 Å². The first kappa shape index (κ1) is 21.2. The highest BCUT2D eigenvalue weighted by molar-refractivity contribution is 7.85. The maximum atomic E-state index is 9.56. The number of hydrogen-bond donors (Lipinski definition) is 2. The highest BCUT2D eigenvalue weighted by atomic mass is 35.5. The van der Waals surface area contributed by atoms with Crippen LogP contribution >= 0.6 is 23.2 Å². The lowest BCUT2D eigenvalue weighted by atomic mass is 9.77. The summed E-state index contributed by atoms with van der Waals surface area (Å²) in [7, 11) is -1.63. The maximum Gasteiger partial charge on any atom is 0.264 e. The molecule has 0 unspecified atom stereocenters. The summed E-state index contributed by atoms with van der Waals surface area (Å²) in [4.78, 5) is 0. The lowest BCUT2D eigenvalue weighted by Gasteiger charge is -2.32. The van der Waals surface area contributed by atoms with E-state index in [1.54, 1.807) is 0 Å². The summed E-state index contributed by atoms with van der Waals surface area (Å²) in [5.74, 6) is 0.207. The van der Waals surface area contributed by atoms with Crippen LogP contribution in [0.4, 0.5) is 0 Å². The zero-order valence-electron chi connectivity index (χ0n) is 14.7. The van der Waals surface area contributed by atoms with E-state index < -0.39 is 10.1 Å². The molecule has 0 aromatic heterocycles. The summed E-state index contributed by atoms with van der Waals surface area (Å²) in [6.45, 7) is 1.37. The van der Waals surface area contributed by atoms with Crippen molar-refractivity contribution in [3.8, 4) is 0 Å². The summed E-state index contributed by atoms with van der Waals surface area (Å²) in [5.41, 5.74) is 4.05. The molecule has 1 aliphatic rings. The van der Waals surface area contributed by atoms with E-state index in [1.807, 2.05) is 19.2 Å². The molecule has 0 saturated carbocycles. The minimum absolute atomic E-state index is 0.201. The third-order valence-electron chi connectivity index (χ3n) is 4.55. The number of halogens is 2. The van der Waals surface area contributed by atoms with Gasteiger partial charge < -0.3 is 5.32 Å². The van der Waals surface area contributed by atoms with Crippen molar-refractivity contribution in [3.63, 3.8) is 0 Å². The van der Waals surface area contributed by atoms with Crippen LogP contribution in [-0.4, -0.2) is 25.8 Å². The lowest BCUT2D eigenvalue weighted by molar-refractivity contribution is 0.471. The van der Waals surface area contributed by atoms with E-state index >= 15 is 0 Å². The summed E-state index contributed by atoms with van der Waals surface area (Å²) in [6.07, 6.45) is 2.26. The number of rotatable bonds is 3. The summed E-state index contributed by atoms with van der Waals surface area (Å²) >= 11 is 12.2. The van der Waals surface area contributed by atoms with Crippen LogP contribution in [0.2, 0.25) is 10.0 Å². The molecular weight excluding hydrogens is 393 g/mol. The van der Waals surface area contributed by atoms with Crippen LogP contribution < -0.4 is 5.32 Å². The van der Waals surface area contributed by atoms with Crippen molar-refractivity contribution in [2.45, 2.75) is 31.7 Å². The van der Waals surface area contributed by atoms with Gasteiger partial charge in [0.2, 0.25) is 0 Å². The second-order valence-electron chi connectivity index (χ2n) is 6.14. The minimum Gasteiger partial charge on any atom is -0.313 e. The molecule has 142 valence electrons. The van der Waals surface area contributed by atoms with Gasteiger partial charge in [-0.1, -0.05) is 53.5 Å². The fraction of sp³-hybridized carbons (Fsp3) is 0.368. The zero-order valence-corrected chi connectivity index (χ0v) is 17.1. The Morgan fingerprint density at radius 1 is 1.08 bits per heavy atom. The van der Waals surface area contributed by atoms with Crippen molar-refractivity contribution in [1.82, 2.24) is 5.32 Å². The average molecular weight is 416 g/mol. The normalized spacial score (nSPS) is 19.3. The van der Waals surface area contributed by atoms with Crippen LogP contribution in [0.15, 0.2) is 42.5 Å². The Hall–Kier alpha value is -1.11. The van der Waals surface area contributed by atoms with Gasteiger partial charge in [0, 0.05) is 12.0 Å². The van der Waals surface area contributed by atoms with Gasteiger partial charge in [0.1, 0.15) is 0 Å². The van der Waals surface area contributed by atoms with Crippen molar-refractivity contribution in [3.05, 3.63) is 69.2 Å². The van der Waals surface area contributed by atoms with E-state index in [0.717, 1.165) is 12.8 Å². The number of nitrogens with one attached hydrogen (secondary N) is 1. The van der Waals surface area contributed by atoms with Crippen molar-refractivity contribution in [1.29, 1.82) is 0 Å². The SMILES string of the molecule is CCS(=O)(=O)O.CN[C@H]1CC[C@@H](c2ccc(Cl)c(Cl)c2)c2ccccc21. The number of hydrogen-bond acceptors (Lipinski definition) is 3. The Morgan fingerprint density at radius 3 is 2.23 bits per heavy atom. The Bertz CT molecular complexity index is 856. The molecule has 2 aromatic carbocycles. The van der Waals surface area contributed by atoms with Gasteiger partial charge in [-0.25, -0.2) is 0 Å². The summed E-state index contributed by atoms with van der Waals surface area (Å²) < 4.78 is 26.9. The highest BCUT2D eigenvalue weighted by Gasteiger charge is 2.27. The second kappa shape index (κ2) is 9.20. The second-order valence-corrected chi connectivity index (χ2v) is 8.70. The predicted molar refractivity (Wildman–Crippen MR) is 108 cm³/mol. The molecule has 0 fully saturated rings. The van der Waals surface area contributed by atoms with Crippen molar-refractivity contribution >= 4 is 33.3 Å². The first-order valence-corrected chi connectivity index (χ1v) is 10.8. The maximum absolute atomic E-state index is 9.56. The Balaban J connectivity index is 0.000000352. The first-order valence-electron chi connectivity index (χ1n) is 8.43. The summed E-state index contributed by atoms with van der Waals surface area (Å²) in [6, 6.07) is 15.1. The topological polar surface area (TPSA) is 66.4 Å². The molecular formula is C19H23Cl2NO3S. The molecule has 7 heteroatoms. The molecule has 0 amide bonds. The van der Waals surface area contributed by atoms with Gasteiger partial charge in [0.15, 0.2) is 0 Å². The third-order valence-corrected chi connectivity index (χ3v) is 6.02. The highest BCUT2D eigenvalue weighted by Crippen LogP contribution is 2.42. The van der Waals surface area contributed by atoms with Gasteiger partial charge in [-0.2, -0.15) is 8.42 Å². The fourth-order valence-corrected chi connectivity index (χ4v) is 3.47. The molecule has 0 aliphatic heterocycles. The van der Waals surface area contributed by atoms with E-state index in [0.29, 0.717) is 22.0 Å². The molecule has 0 radical (unpaired) electrons. The molecule has 1 aliphatic carbocycles. The van der Waals surface area contributed by atoms with E-state index in [9.17, 15) is 8.42 Å².